The molecular weight excluding hydrogens is 522 g/mol. The maximum atomic E-state index is 10.3. The van der Waals surface area contributed by atoms with Crippen LogP contribution in [-0.4, -0.2) is 29.9 Å². The van der Waals surface area contributed by atoms with E-state index in [1.165, 1.54) is 0 Å². The zero-order valence-electron chi connectivity index (χ0n) is 21.7. The Hall–Kier alpha value is -6.63. The van der Waals surface area contributed by atoms with Crippen LogP contribution in [0.4, 0.5) is 5.82 Å². The number of aromatic nitrogens is 6. The van der Waals surface area contributed by atoms with Gasteiger partial charge in [-0.2, -0.15) is 10.5 Å². The average Bonchev–Trinajstić information content (AvgIpc) is 3.07. The molecule has 0 N–H and O–H groups in total. The standard InChI is InChI=1S/C33H15N9/c1-36-33-26-28-24(22(17-34)38-31(40-28)20-13-7-3-8-14-20)27-25(29(26)41-32(42-33)21-15-9-4-10-16-21)23(18-35)37-30(39-27)19-11-5-2-6-12-19/h2-16H. The zero-order valence-corrected chi connectivity index (χ0v) is 21.7. The van der Waals surface area contributed by atoms with E-state index >= 15 is 0 Å². The molecule has 0 fully saturated rings. The lowest BCUT2D eigenvalue weighted by molar-refractivity contribution is 1.18. The molecule has 0 atom stereocenters. The van der Waals surface area contributed by atoms with E-state index in [4.69, 9.17) is 21.5 Å². The van der Waals surface area contributed by atoms with Crippen LogP contribution in [0.25, 0.3) is 71.7 Å². The molecule has 42 heavy (non-hydrogen) atoms. The molecule has 7 rings (SSSR count). The molecule has 3 heterocycles. The summed E-state index contributed by atoms with van der Waals surface area (Å²) in [5, 5.41) is 21.6. The van der Waals surface area contributed by atoms with E-state index < -0.39 is 0 Å². The Bertz CT molecular complexity index is 2020. The second-order valence-electron chi connectivity index (χ2n) is 9.27. The van der Waals surface area contributed by atoms with Gasteiger partial charge in [0.1, 0.15) is 12.1 Å². The summed E-state index contributed by atoms with van der Waals surface area (Å²) in [4.78, 5) is 32.1. The van der Waals surface area contributed by atoms with Crippen LogP contribution >= 0.6 is 0 Å². The third-order valence-electron chi connectivity index (χ3n) is 6.83. The van der Waals surface area contributed by atoms with Crippen molar-refractivity contribution in [2.75, 3.05) is 0 Å². The van der Waals surface area contributed by atoms with Gasteiger partial charge >= 0.3 is 0 Å². The van der Waals surface area contributed by atoms with Crippen LogP contribution in [-0.2, 0) is 0 Å². The van der Waals surface area contributed by atoms with Gasteiger partial charge in [0, 0.05) is 16.7 Å². The molecule has 0 aliphatic heterocycles. The molecule has 0 aliphatic carbocycles. The number of hydrogen-bond acceptors (Lipinski definition) is 8. The highest BCUT2D eigenvalue weighted by molar-refractivity contribution is 6.26. The van der Waals surface area contributed by atoms with Crippen molar-refractivity contribution in [1.82, 2.24) is 29.9 Å². The Morgan fingerprint density at radius 2 is 0.833 bits per heavy atom. The van der Waals surface area contributed by atoms with Crippen molar-refractivity contribution in [3.05, 3.63) is 114 Å². The molecule has 9 heteroatoms. The number of hydrogen-bond donors (Lipinski definition) is 0. The monoisotopic (exact) mass is 537 g/mol. The Labute approximate surface area is 238 Å². The minimum absolute atomic E-state index is 0.0309. The molecule has 0 saturated heterocycles. The molecule has 0 spiro atoms. The van der Waals surface area contributed by atoms with Crippen LogP contribution in [0.3, 0.4) is 0 Å². The number of rotatable bonds is 3. The summed E-state index contributed by atoms with van der Waals surface area (Å²) in [5.74, 6) is 0.951. The van der Waals surface area contributed by atoms with Crippen LogP contribution in [0.2, 0.25) is 0 Å². The van der Waals surface area contributed by atoms with Gasteiger partial charge < -0.3 is 4.85 Å². The zero-order chi connectivity index (χ0) is 28.6. The summed E-state index contributed by atoms with van der Waals surface area (Å²) in [5.41, 5.74) is 3.09. The second-order valence-corrected chi connectivity index (χ2v) is 9.27. The minimum atomic E-state index is 0.0309. The van der Waals surface area contributed by atoms with E-state index in [0.29, 0.717) is 66.9 Å². The smallest absolute Gasteiger partial charge is 0.283 e. The van der Waals surface area contributed by atoms with Gasteiger partial charge in [-0.25, -0.2) is 24.9 Å². The van der Waals surface area contributed by atoms with Crippen LogP contribution in [0.5, 0.6) is 0 Å². The van der Waals surface area contributed by atoms with Gasteiger partial charge in [0.05, 0.1) is 32.7 Å². The molecule has 9 nitrogen and oxygen atoms in total. The lowest BCUT2D eigenvalue weighted by Gasteiger charge is -2.14. The van der Waals surface area contributed by atoms with E-state index in [0.717, 1.165) is 0 Å². The largest absolute Gasteiger partial charge is 0.360 e. The SMILES string of the molecule is [C-]#[N+]c1nc(-c2ccccc2)nc2c3c(C#N)nc(-c4ccccc4)nc3c3c(C#N)nc(-c4ccccc4)nc3c12. The first kappa shape index (κ1) is 24.4. The average molecular weight is 538 g/mol. The van der Waals surface area contributed by atoms with Crippen molar-refractivity contribution in [3.8, 4) is 46.3 Å². The summed E-state index contributed by atoms with van der Waals surface area (Å²) in [6.07, 6.45) is 0. The first-order valence-corrected chi connectivity index (χ1v) is 12.8. The number of nitrogens with zero attached hydrogens (tertiary/aromatic N) is 9. The van der Waals surface area contributed by atoms with Gasteiger partial charge in [-0.1, -0.05) is 90.4 Å². The molecule has 0 aliphatic rings. The Morgan fingerprint density at radius 3 is 1.19 bits per heavy atom. The van der Waals surface area contributed by atoms with Gasteiger partial charge in [0.25, 0.3) is 11.6 Å². The van der Waals surface area contributed by atoms with Crippen LogP contribution in [0.1, 0.15) is 11.4 Å². The quantitative estimate of drug-likeness (QED) is 0.177. The molecular formula is C33H15N9. The number of benzene rings is 4. The van der Waals surface area contributed by atoms with Gasteiger partial charge in [-0.15, -0.1) is 0 Å². The van der Waals surface area contributed by atoms with Crippen molar-refractivity contribution >= 4 is 38.5 Å². The van der Waals surface area contributed by atoms with Gasteiger partial charge in [-0.3, -0.25) is 0 Å². The summed E-state index contributed by atoms with van der Waals surface area (Å²) >= 11 is 0. The van der Waals surface area contributed by atoms with Crippen LogP contribution < -0.4 is 0 Å². The van der Waals surface area contributed by atoms with E-state index in [1.54, 1.807) is 0 Å². The molecule has 4 aromatic carbocycles. The van der Waals surface area contributed by atoms with Crippen molar-refractivity contribution in [3.63, 3.8) is 0 Å². The fourth-order valence-corrected chi connectivity index (χ4v) is 4.97. The van der Waals surface area contributed by atoms with Gasteiger partial charge in [0.15, 0.2) is 23.0 Å². The van der Waals surface area contributed by atoms with Crippen LogP contribution in [0, 0.1) is 29.2 Å². The van der Waals surface area contributed by atoms with Crippen LogP contribution in [0.15, 0.2) is 91.0 Å². The third-order valence-corrected chi connectivity index (χ3v) is 6.83. The van der Waals surface area contributed by atoms with E-state index in [1.807, 2.05) is 91.0 Å². The van der Waals surface area contributed by atoms with Crippen molar-refractivity contribution in [2.24, 2.45) is 0 Å². The third kappa shape index (κ3) is 3.84. The minimum Gasteiger partial charge on any atom is -0.360 e. The molecule has 192 valence electrons. The summed E-state index contributed by atoms with van der Waals surface area (Å²) in [6.45, 7) is 8.06. The van der Waals surface area contributed by atoms with Crippen molar-refractivity contribution < 1.29 is 0 Å². The van der Waals surface area contributed by atoms with Crippen molar-refractivity contribution in [2.45, 2.75) is 0 Å². The highest BCUT2D eigenvalue weighted by Gasteiger charge is 2.26. The Kier molecular flexibility index (Phi) is 5.72. The predicted molar refractivity (Wildman–Crippen MR) is 158 cm³/mol. The second kappa shape index (κ2) is 9.84. The maximum absolute atomic E-state index is 10.3. The highest BCUT2D eigenvalue weighted by atomic mass is 15.0. The van der Waals surface area contributed by atoms with Gasteiger partial charge in [0.2, 0.25) is 0 Å². The molecule has 0 unspecified atom stereocenters. The fraction of sp³-hybridized carbons (Fsp3) is 0. The molecule has 0 saturated carbocycles. The molecule has 0 radical (unpaired) electrons. The number of nitriles is 2. The molecule has 3 aromatic heterocycles. The van der Waals surface area contributed by atoms with Gasteiger partial charge in [-0.05, 0) is 12.1 Å². The van der Waals surface area contributed by atoms with E-state index in [9.17, 15) is 10.5 Å². The first-order chi connectivity index (χ1) is 20.7. The normalized spacial score (nSPS) is 10.8. The fourth-order valence-electron chi connectivity index (χ4n) is 4.97. The van der Waals surface area contributed by atoms with E-state index in [-0.39, 0.29) is 17.2 Å². The summed E-state index contributed by atoms with van der Waals surface area (Å²) in [7, 11) is 0. The lowest BCUT2D eigenvalue weighted by Crippen LogP contribution is -2.03. The molecule has 0 bridgehead atoms. The Morgan fingerprint density at radius 1 is 0.476 bits per heavy atom. The Balaban J connectivity index is 1.74. The number of fused-ring (bicyclic) bond motifs is 6. The lowest BCUT2D eigenvalue weighted by atomic mass is 10.0. The summed E-state index contributed by atoms with van der Waals surface area (Å²) in [6, 6.07) is 32.2. The highest BCUT2D eigenvalue weighted by Crippen LogP contribution is 2.41. The van der Waals surface area contributed by atoms with E-state index in [2.05, 4.69) is 31.9 Å². The predicted octanol–water partition coefficient (Wildman–Crippen LogP) is 6.81. The topological polar surface area (TPSA) is 129 Å². The molecule has 0 amide bonds. The first-order valence-electron chi connectivity index (χ1n) is 12.8. The molecule has 7 aromatic rings. The summed E-state index contributed by atoms with van der Waals surface area (Å²) < 4.78 is 0. The maximum Gasteiger partial charge on any atom is 0.283 e. The van der Waals surface area contributed by atoms with Crippen molar-refractivity contribution in [1.29, 1.82) is 10.5 Å².